The molecule has 1 N–H and O–H groups in total. The number of thiocarbonyl (C=S) groups is 1. The zero-order valence-electron chi connectivity index (χ0n) is 10.8. The van der Waals surface area contributed by atoms with Crippen LogP contribution >= 0.6 is 12.2 Å². The van der Waals surface area contributed by atoms with Gasteiger partial charge in [-0.1, -0.05) is 18.2 Å². The maximum absolute atomic E-state index is 6.00. The van der Waals surface area contributed by atoms with E-state index in [4.69, 9.17) is 17.0 Å². The zero-order valence-corrected chi connectivity index (χ0v) is 11.6. The second kappa shape index (κ2) is 4.46. The predicted octanol–water partition coefficient (Wildman–Crippen LogP) is 2.49. The first-order valence-corrected chi connectivity index (χ1v) is 7.48. The number of hydrogen-bond acceptors (Lipinski definition) is 2. The lowest BCUT2D eigenvalue weighted by Gasteiger charge is -2.22. The minimum Gasteiger partial charge on any atom is -0.374 e. The van der Waals surface area contributed by atoms with Crippen molar-refractivity contribution in [3.63, 3.8) is 0 Å². The predicted molar refractivity (Wildman–Crippen MR) is 79.1 cm³/mol. The van der Waals surface area contributed by atoms with Gasteiger partial charge in [0, 0.05) is 30.6 Å². The van der Waals surface area contributed by atoms with Crippen LogP contribution in [0.2, 0.25) is 0 Å². The second-order valence-electron chi connectivity index (χ2n) is 5.82. The molecule has 3 nitrogen and oxygen atoms in total. The maximum atomic E-state index is 6.00. The Hall–Kier alpha value is -1.13. The monoisotopic (exact) mass is 274 g/mol. The van der Waals surface area contributed by atoms with Crippen LogP contribution in [0.1, 0.15) is 12.8 Å². The number of likely N-dealkylation sites (tertiary alicyclic amines) is 1. The molecule has 4 atom stereocenters. The Labute approximate surface area is 118 Å². The second-order valence-corrected chi connectivity index (χ2v) is 6.21. The fourth-order valence-corrected chi connectivity index (χ4v) is 4.12. The summed E-state index contributed by atoms with van der Waals surface area (Å²) < 4.78 is 6.00. The van der Waals surface area contributed by atoms with Crippen molar-refractivity contribution in [3.8, 4) is 0 Å². The van der Waals surface area contributed by atoms with Crippen LogP contribution in [0.3, 0.4) is 0 Å². The van der Waals surface area contributed by atoms with Gasteiger partial charge < -0.3 is 15.0 Å². The molecule has 0 amide bonds. The molecular weight excluding hydrogens is 256 g/mol. The van der Waals surface area contributed by atoms with Crippen molar-refractivity contribution < 1.29 is 4.74 Å². The molecule has 0 radical (unpaired) electrons. The highest BCUT2D eigenvalue weighted by atomic mass is 32.1. The van der Waals surface area contributed by atoms with Crippen molar-refractivity contribution in [2.24, 2.45) is 11.8 Å². The van der Waals surface area contributed by atoms with Crippen LogP contribution in [0.4, 0.5) is 5.69 Å². The Balaban J connectivity index is 1.43. The van der Waals surface area contributed by atoms with E-state index in [9.17, 15) is 0 Å². The molecule has 1 aromatic carbocycles. The van der Waals surface area contributed by atoms with E-state index in [1.165, 1.54) is 12.8 Å². The normalized spacial score (nSPS) is 35.5. The van der Waals surface area contributed by atoms with Crippen molar-refractivity contribution >= 4 is 23.0 Å². The van der Waals surface area contributed by atoms with Crippen LogP contribution in [0.15, 0.2) is 30.3 Å². The average Bonchev–Trinajstić information content (AvgIpc) is 3.12. The molecule has 0 aromatic heterocycles. The van der Waals surface area contributed by atoms with E-state index in [0.29, 0.717) is 24.0 Å². The number of ether oxygens (including phenoxy) is 1. The third-order valence-electron chi connectivity index (χ3n) is 4.76. The van der Waals surface area contributed by atoms with Gasteiger partial charge in [-0.05, 0) is 37.2 Å². The summed E-state index contributed by atoms with van der Waals surface area (Å²) in [6.07, 6.45) is 3.50. The maximum Gasteiger partial charge on any atom is 0.173 e. The van der Waals surface area contributed by atoms with Gasteiger partial charge >= 0.3 is 0 Å². The zero-order chi connectivity index (χ0) is 12.8. The van der Waals surface area contributed by atoms with Crippen molar-refractivity contribution in [2.45, 2.75) is 25.0 Å². The summed E-state index contributed by atoms with van der Waals surface area (Å²) in [6, 6.07) is 10.2. The SMILES string of the molecule is S=C(Nc1ccccc1)N1CC2C3CCC(O3)C2C1. The molecule has 0 aliphatic carbocycles. The molecule has 100 valence electrons. The first-order chi connectivity index (χ1) is 9.31. The van der Waals surface area contributed by atoms with Crippen molar-refractivity contribution in [2.75, 3.05) is 18.4 Å². The third kappa shape index (κ3) is 1.94. The molecule has 4 rings (SSSR count). The summed E-state index contributed by atoms with van der Waals surface area (Å²) in [7, 11) is 0. The lowest BCUT2D eigenvalue weighted by Crippen LogP contribution is -2.34. The molecule has 1 aromatic rings. The first kappa shape index (κ1) is 11.7. The quantitative estimate of drug-likeness (QED) is 0.795. The number of rotatable bonds is 1. The van der Waals surface area contributed by atoms with Gasteiger partial charge in [-0.2, -0.15) is 0 Å². The fraction of sp³-hybridized carbons (Fsp3) is 0.533. The first-order valence-electron chi connectivity index (χ1n) is 7.08. The van der Waals surface area contributed by atoms with E-state index in [2.05, 4.69) is 22.3 Å². The molecule has 3 aliphatic rings. The minimum absolute atomic E-state index is 0.500. The molecule has 4 heteroatoms. The van der Waals surface area contributed by atoms with E-state index in [0.717, 1.165) is 23.9 Å². The number of benzene rings is 1. The van der Waals surface area contributed by atoms with Crippen LogP contribution in [0.25, 0.3) is 0 Å². The fourth-order valence-electron chi connectivity index (χ4n) is 3.85. The van der Waals surface area contributed by atoms with Gasteiger partial charge in [0.1, 0.15) is 0 Å². The molecule has 3 heterocycles. The van der Waals surface area contributed by atoms with Gasteiger partial charge in [-0.15, -0.1) is 0 Å². The number of hydrogen-bond donors (Lipinski definition) is 1. The summed E-state index contributed by atoms with van der Waals surface area (Å²) >= 11 is 5.55. The van der Waals surface area contributed by atoms with Gasteiger partial charge in [0.05, 0.1) is 12.2 Å². The van der Waals surface area contributed by atoms with Gasteiger partial charge in [0.25, 0.3) is 0 Å². The van der Waals surface area contributed by atoms with Crippen LogP contribution in [-0.4, -0.2) is 35.3 Å². The Morgan fingerprint density at radius 1 is 1.11 bits per heavy atom. The summed E-state index contributed by atoms with van der Waals surface area (Å²) in [6.45, 7) is 2.12. The van der Waals surface area contributed by atoms with E-state index >= 15 is 0 Å². The molecule has 3 fully saturated rings. The summed E-state index contributed by atoms with van der Waals surface area (Å²) in [5.41, 5.74) is 1.07. The minimum atomic E-state index is 0.500. The summed E-state index contributed by atoms with van der Waals surface area (Å²) in [5.74, 6) is 1.41. The Kier molecular flexibility index (Phi) is 2.74. The molecule has 0 spiro atoms. The van der Waals surface area contributed by atoms with Crippen molar-refractivity contribution in [1.82, 2.24) is 4.90 Å². The van der Waals surface area contributed by atoms with Crippen LogP contribution < -0.4 is 5.32 Å². The number of anilines is 1. The van der Waals surface area contributed by atoms with Crippen molar-refractivity contribution in [3.05, 3.63) is 30.3 Å². The number of nitrogens with zero attached hydrogens (tertiary/aromatic N) is 1. The highest BCUT2D eigenvalue weighted by Crippen LogP contribution is 2.47. The third-order valence-corrected chi connectivity index (χ3v) is 5.13. The topological polar surface area (TPSA) is 24.5 Å². The molecule has 19 heavy (non-hydrogen) atoms. The van der Waals surface area contributed by atoms with E-state index < -0.39 is 0 Å². The smallest absolute Gasteiger partial charge is 0.173 e. The summed E-state index contributed by atoms with van der Waals surface area (Å²) in [4.78, 5) is 2.32. The number of para-hydroxylation sites is 1. The highest BCUT2D eigenvalue weighted by Gasteiger charge is 2.53. The molecule has 4 unspecified atom stereocenters. The Bertz CT molecular complexity index is 474. The van der Waals surface area contributed by atoms with Gasteiger partial charge in [0.2, 0.25) is 0 Å². The number of nitrogens with one attached hydrogen (secondary N) is 1. The standard InChI is InChI=1S/C15H18N2OS/c19-15(16-10-4-2-1-3-5-10)17-8-11-12(9-17)14-7-6-13(11)18-14/h1-5,11-14H,6-9H2,(H,16,19). The van der Waals surface area contributed by atoms with Gasteiger partial charge in [0.15, 0.2) is 5.11 Å². The Morgan fingerprint density at radius 2 is 1.74 bits per heavy atom. The van der Waals surface area contributed by atoms with Crippen LogP contribution in [0, 0.1) is 11.8 Å². The molecular formula is C15H18N2OS. The van der Waals surface area contributed by atoms with Crippen LogP contribution in [0.5, 0.6) is 0 Å². The lowest BCUT2D eigenvalue weighted by atomic mass is 9.82. The van der Waals surface area contributed by atoms with Crippen LogP contribution in [-0.2, 0) is 4.74 Å². The van der Waals surface area contributed by atoms with Crippen molar-refractivity contribution in [1.29, 1.82) is 0 Å². The van der Waals surface area contributed by atoms with E-state index in [1.807, 2.05) is 18.2 Å². The van der Waals surface area contributed by atoms with Gasteiger partial charge in [-0.3, -0.25) is 0 Å². The molecule has 2 bridgehead atoms. The Morgan fingerprint density at radius 3 is 2.37 bits per heavy atom. The summed E-state index contributed by atoms with van der Waals surface area (Å²) in [5, 5.41) is 4.20. The molecule has 3 aliphatic heterocycles. The molecule has 0 saturated carbocycles. The van der Waals surface area contributed by atoms with E-state index in [1.54, 1.807) is 0 Å². The number of fused-ring (bicyclic) bond motifs is 5. The highest BCUT2D eigenvalue weighted by molar-refractivity contribution is 7.80. The largest absolute Gasteiger partial charge is 0.374 e. The lowest BCUT2D eigenvalue weighted by molar-refractivity contribution is 0.0771. The van der Waals surface area contributed by atoms with Gasteiger partial charge in [-0.25, -0.2) is 0 Å². The molecule has 3 saturated heterocycles. The van der Waals surface area contributed by atoms with E-state index in [-0.39, 0.29) is 0 Å². The average molecular weight is 274 g/mol.